The van der Waals surface area contributed by atoms with Crippen molar-refractivity contribution >= 4 is 47.5 Å². The van der Waals surface area contributed by atoms with Gasteiger partial charge in [-0.1, -0.05) is 0 Å². The van der Waals surface area contributed by atoms with Gasteiger partial charge in [0.2, 0.25) is 23.6 Å². The van der Waals surface area contributed by atoms with Crippen LogP contribution < -0.4 is 61.8 Å². The van der Waals surface area contributed by atoms with Crippen LogP contribution >= 0.6 is 0 Å². The molecule has 0 aromatic carbocycles. The van der Waals surface area contributed by atoms with Gasteiger partial charge in [0.1, 0.15) is 18.1 Å². The molecule has 0 aliphatic carbocycles. The van der Waals surface area contributed by atoms with Crippen molar-refractivity contribution in [2.45, 2.75) is 69.1 Å². The first-order chi connectivity index (χ1) is 19.6. The molecule has 0 rings (SSSR count). The minimum atomic E-state index is -1.56. The standard InChI is InChI=1S/C22H44N14O6/c23-11(4-1-7-31-20(25)26)16(38)34-12(5-2-8-32-21(27)28)17(39)36-14(10-15(24)37)18(40)35-13(19(41)42)6-3-9-33-22(29)30/h11-14H,1-10,23H2,(H2,24,37)(H,34,38)(H,35,40)(H,36,39)(H,41,42)(H4,25,26,31)(H4,27,28,32)(H4,29,30,33). The van der Waals surface area contributed by atoms with Crippen LogP contribution in [-0.2, 0) is 24.0 Å². The average Bonchev–Trinajstić information content (AvgIpc) is 2.88. The van der Waals surface area contributed by atoms with Gasteiger partial charge < -0.3 is 66.9 Å². The zero-order valence-corrected chi connectivity index (χ0v) is 23.3. The molecule has 20 N–H and O–H groups in total. The summed E-state index contributed by atoms with van der Waals surface area (Å²) in [6, 6.07) is -5.19. The molecular formula is C22H44N14O6. The van der Waals surface area contributed by atoms with Crippen molar-refractivity contribution in [3.8, 4) is 0 Å². The highest BCUT2D eigenvalue weighted by Crippen LogP contribution is 2.05. The molecule has 0 radical (unpaired) electrons. The fourth-order valence-corrected chi connectivity index (χ4v) is 3.42. The fraction of sp³-hybridized carbons (Fsp3) is 0.636. The Balaban J connectivity index is 5.60. The van der Waals surface area contributed by atoms with Crippen LogP contribution in [0.15, 0.2) is 15.0 Å². The number of carbonyl (C=O) groups is 5. The Morgan fingerprint density at radius 2 is 0.952 bits per heavy atom. The van der Waals surface area contributed by atoms with E-state index < -0.39 is 60.2 Å². The van der Waals surface area contributed by atoms with E-state index in [0.29, 0.717) is 6.42 Å². The van der Waals surface area contributed by atoms with Gasteiger partial charge in [-0.2, -0.15) is 0 Å². The second kappa shape index (κ2) is 20.1. The number of hydrogen-bond donors (Lipinski definition) is 12. The Morgan fingerprint density at radius 3 is 1.38 bits per heavy atom. The van der Waals surface area contributed by atoms with E-state index in [-0.39, 0.29) is 69.6 Å². The number of aliphatic carboxylic acids is 1. The lowest BCUT2D eigenvalue weighted by molar-refractivity contribution is -0.142. The first-order valence-electron chi connectivity index (χ1n) is 13.0. The highest BCUT2D eigenvalue weighted by Gasteiger charge is 2.31. The third-order valence-electron chi connectivity index (χ3n) is 5.48. The van der Waals surface area contributed by atoms with Crippen molar-refractivity contribution in [2.24, 2.45) is 60.8 Å². The van der Waals surface area contributed by atoms with Crippen molar-refractivity contribution < 1.29 is 29.1 Å². The summed E-state index contributed by atoms with van der Waals surface area (Å²) >= 11 is 0. The van der Waals surface area contributed by atoms with Crippen molar-refractivity contribution in [1.82, 2.24) is 16.0 Å². The third-order valence-corrected chi connectivity index (χ3v) is 5.48. The summed E-state index contributed by atoms with van der Waals surface area (Å²) in [4.78, 5) is 73.5. The van der Waals surface area contributed by atoms with Crippen LogP contribution in [-0.4, -0.2) is 96.4 Å². The van der Waals surface area contributed by atoms with Crippen molar-refractivity contribution in [3.63, 3.8) is 0 Å². The van der Waals surface area contributed by atoms with Gasteiger partial charge in [0.15, 0.2) is 17.9 Å². The monoisotopic (exact) mass is 600 g/mol. The SMILES string of the molecule is NC(=O)CC(NC(=O)C(CCCN=C(N)N)NC(=O)C(N)CCCN=C(N)N)C(=O)NC(CCCN=C(N)N)C(=O)O. The largest absolute Gasteiger partial charge is 0.480 e. The van der Waals surface area contributed by atoms with Crippen LogP contribution in [0.5, 0.6) is 0 Å². The van der Waals surface area contributed by atoms with E-state index in [4.69, 9.17) is 45.9 Å². The number of aliphatic imine (C=N–C) groups is 3. The number of guanidine groups is 3. The quantitative estimate of drug-likeness (QED) is 0.0332. The average molecular weight is 601 g/mol. The minimum Gasteiger partial charge on any atom is -0.480 e. The number of carbonyl (C=O) groups excluding carboxylic acids is 4. The Labute approximate surface area is 242 Å². The molecule has 238 valence electrons. The molecule has 0 aromatic heterocycles. The van der Waals surface area contributed by atoms with Crippen molar-refractivity contribution in [3.05, 3.63) is 0 Å². The van der Waals surface area contributed by atoms with Crippen LogP contribution in [0.25, 0.3) is 0 Å². The molecule has 0 saturated heterocycles. The summed E-state index contributed by atoms with van der Waals surface area (Å²) in [5.74, 6) is -5.30. The molecule has 0 aromatic rings. The summed E-state index contributed by atoms with van der Waals surface area (Å²) < 4.78 is 0. The van der Waals surface area contributed by atoms with Crippen LogP contribution in [0.4, 0.5) is 0 Å². The molecule has 0 aliphatic heterocycles. The number of nitrogens with zero attached hydrogens (tertiary/aromatic N) is 3. The Kier molecular flexibility index (Phi) is 17.7. The zero-order valence-electron chi connectivity index (χ0n) is 23.3. The summed E-state index contributed by atoms with van der Waals surface area (Å²) in [7, 11) is 0. The lowest BCUT2D eigenvalue weighted by Gasteiger charge is -2.24. The van der Waals surface area contributed by atoms with E-state index in [1.54, 1.807) is 0 Å². The number of primary amides is 1. The van der Waals surface area contributed by atoms with Crippen LogP contribution in [0.3, 0.4) is 0 Å². The minimum absolute atomic E-state index is 0.0164. The molecule has 0 heterocycles. The van der Waals surface area contributed by atoms with Gasteiger partial charge in [-0.3, -0.25) is 34.2 Å². The Hall–Kier alpha value is -4.88. The zero-order chi connectivity index (χ0) is 32.2. The third kappa shape index (κ3) is 17.7. The molecule has 4 unspecified atom stereocenters. The molecule has 4 amide bonds. The number of amides is 4. The molecule has 4 atom stereocenters. The van der Waals surface area contributed by atoms with Crippen LogP contribution in [0, 0.1) is 0 Å². The van der Waals surface area contributed by atoms with Gasteiger partial charge in [0.25, 0.3) is 0 Å². The molecule has 20 heteroatoms. The van der Waals surface area contributed by atoms with Gasteiger partial charge in [0.05, 0.1) is 12.5 Å². The molecule has 0 fully saturated rings. The van der Waals surface area contributed by atoms with Gasteiger partial charge >= 0.3 is 5.97 Å². The van der Waals surface area contributed by atoms with Crippen molar-refractivity contribution in [1.29, 1.82) is 0 Å². The van der Waals surface area contributed by atoms with E-state index in [1.165, 1.54) is 0 Å². The van der Waals surface area contributed by atoms with Gasteiger partial charge in [-0.05, 0) is 38.5 Å². The Morgan fingerprint density at radius 1 is 0.571 bits per heavy atom. The number of nitrogens with one attached hydrogen (secondary N) is 3. The molecule has 20 nitrogen and oxygen atoms in total. The maximum atomic E-state index is 13.2. The van der Waals surface area contributed by atoms with E-state index in [0.717, 1.165) is 0 Å². The maximum Gasteiger partial charge on any atom is 0.326 e. The number of nitrogens with two attached hydrogens (primary N) is 8. The number of carboxylic acid groups (broad SMARTS) is 1. The number of rotatable bonds is 21. The lowest BCUT2D eigenvalue weighted by atomic mass is 10.1. The van der Waals surface area contributed by atoms with Gasteiger partial charge in [-0.15, -0.1) is 0 Å². The smallest absolute Gasteiger partial charge is 0.326 e. The van der Waals surface area contributed by atoms with Crippen LogP contribution in [0.1, 0.15) is 44.9 Å². The normalized spacial score (nSPS) is 13.3. The summed E-state index contributed by atoms with van der Waals surface area (Å²) in [5.41, 5.74) is 42.8. The Bertz CT molecular complexity index is 1010. The van der Waals surface area contributed by atoms with Gasteiger partial charge in [-0.25, -0.2) is 4.79 Å². The topological polar surface area (TPSA) is 387 Å². The van der Waals surface area contributed by atoms with Gasteiger partial charge in [0, 0.05) is 19.6 Å². The van der Waals surface area contributed by atoms with E-state index in [2.05, 4.69) is 30.9 Å². The molecule has 0 aliphatic rings. The predicted octanol–water partition coefficient (Wildman–Crippen LogP) is -6.11. The molecule has 42 heavy (non-hydrogen) atoms. The number of carboxylic acids is 1. The highest BCUT2D eigenvalue weighted by atomic mass is 16.4. The number of hydrogen-bond acceptors (Lipinski definition) is 9. The maximum absolute atomic E-state index is 13.2. The predicted molar refractivity (Wildman–Crippen MR) is 155 cm³/mol. The van der Waals surface area contributed by atoms with E-state index in [9.17, 15) is 29.1 Å². The molecule has 0 spiro atoms. The molecule has 0 bridgehead atoms. The summed E-state index contributed by atoms with van der Waals surface area (Å²) in [6.45, 7) is 0.472. The summed E-state index contributed by atoms with van der Waals surface area (Å²) in [6.07, 6.45) is 0.319. The van der Waals surface area contributed by atoms with Crippen molar-refractivity contribution in [2.75, 3.05) is 19.6 Å². The molecular weight excluding hydrogens is 556 g/mol. The first kappa shape index (κ1) is 37.1. The lowest BCUT2D eigenvalue weighted by Crippen LogP contribution is -2.57. The molecule has 0 saturated carbocycles. The second-order valence-electron chi connectivity index (χ2n) is 9.15. The summed E-state index contributed by atoms with van der Waals surface area (Å²) in [5, 5.41) is 16.6. The van der Waals surface area contributed by atoms with E-state index >= 15 is 0 Å². The first-order valence-corrected chi connectivity index (χ1v) is 13.0. The van der Waals surface area contributed by atoms with E-state index in [1.807, 2.05) is 0 Å². The van der Waals surface area contributed by atoms with Crippen LogP contribution in [0.2, 0.25) is 0 Å². The highest BCUT2D eigenvalue weighted by molar-refractivity contribution is 5.96. The fourth-order valence-electron chi connectivity index (χ4n) is 3.42. The second-order valence-corrected chi connectivity index (χ2v) is 9.15.